The number of rotatable bonds is 4. The second-order valence-corrected chi connectivity index (χ2v) is 8.42. The Labute approximate surface area is 135 Å². The van der Waals surface area contributed by atoms with Gasteiger partial charge in [-0.3, -0.25) is 0 Å². The predicted octanol–water partition coefficient (Wildman–Crippen LogP) is 4.52. The zero-order valence-electron chi connectivity index (χ0n) is 12.7. The van der Waals surface area contributed by atoms with Crippen LogP contribution in [0, 0.1) is 17.8 Å². The molecule has 0 radical (unpaired) electrons. The van der Waals surface area contributed by atoms with E-state index >= 15 is 0 Å². The molecule has 0 amide bonds. The molecular weight excluding hydrogens is 326 g/mol. The zero-order valence-corrected chi connectivity index (χ0v) is 14.3. The van der Waals surface area contributed by atoms with Crippen LogP contribution >= 0.6 is 15.9 Å². The molecule has 4 aliphatic carbocycles. The Hall–Kier alpha value is -0.540. The lowest BCUT2D eigenvalue weighted by Crippen LogP contribution is -2.58. The van der Waals surface area contributed by atoms with Crippen molar-refractivity contribution in [3.63, 3.8) is 0 Å². The van der Waals surface area contributed by atoms with Crippen LogP contribution < -0.4 is 10.1 Å². The van der Waals surface area contributed by atoms with E-state index < -0.39 is 0 Å². The van der Waals surface area contributed by atoms with Gasteiger partial charge in [0.25, 0.3) is 0 Å². The minimum absolute atomic E-state index is 0.419. The maximum Gasteiger partial charge on any atom is 0.123 e. The van der Waals surface area contributed by atoms with Gasteiger partial charge in [-0.25, -0.2) is 0 Å². The first-order valence-electron chi connectivity index (χ1n) is 8.23. The number of nitrogens with one attached hydrogen (secondary N) is 1. The first-order chi connectivity index (χ1) is 10.2. The molecule has 4 fully saturated rings. The first-order valence-corrected chi connectivity index (χ1v) is 9.02. The highest BCUT2D eigenvalue weighted by Crippen LogP contribution is 2.55. The molecule has 0 aromatic heterocycles. The molecule has 21 heavy (non-hydrogen) atoms. The zero-order chi connectivity index (χ0) is 14.4. The smallest absolute Gasteiger partial charge is 0.123 e. The summed E-state index contributed by atoms with van der Waals surface area (Å²) in [5.41, 5.74) is 1.69. The van der Waals surface area contributed by atoms with Gasteiger partial charge in [-0.15, -0.1) is 0 Å². The third kappa shape index (κ3) is 2.63. The second-order valence-electron chi connectivity index (χ2n) is 7.51. The Kier molecular flexibility index (Phi) is 3.54. The monoisotopic (exact) mass is 349 g/mol. The molecule has 4 aliphatic rings. The number of halogens is 1. The normalized spacial score (nSPS) is 37.0. The van der Waals surface area contributed by atoms with Gasteiger partial charge in [-0.2, -0.15) is 0 Å². The van der Waals surface area contributed by atoms with Gasteiger partial charge in [-0.05, 0) is 74.5 Å². The number of methoxy groups -OCH3 is 1. The SMILES string of the molecule is COc1ccc(Br)cc1CNC12CC3CC(CC(C3)C1)C2. The summed E-state index contributed by atoms with van der Waals surface area (Å²) in [4.78, 5) is 0. The number of ether oxygens (including phenoxy) is 1. The van der Waals surface area contributed by atoms with Crippen LogP contribution in [0.3, 0.4) is 0 Å². The molecule has 1 aromatic rings. The molecule has 5 rings (SSSR count). The van der Waals surface area contributed by atoms with Gasteiger partial charge in [-0.1, -0.05) is 15.9 Å². The minimum Gasteiger partial charge on any atom is -0.496 e. The van der Waals surface area contributed by atoms with Crippen molar-refractivity contribution in [2.75, 3.05) is 7.11 Å². The van der Waals surface area contributed by atoms with Crippen molar-refractivity contribution in [3.05, 3.63) is 28.2 Å². The fourth-order valence-corrected chi connectivity index (χ4v) is 5.90. The third-order valence-electron chi connectivity index (χ3n) is 5.93. The Morgan fingerprint density at radius 1 is 1.14 bits per heavy atom. The van der Waals surface area contributed by atoms with Crippen molar-refractivity contribution < 1.29 is 4.74 Å². The van der Waals surface area contributed by atoms with Crippen LogP contribution in [0.5, 0.6) is 5.75 Å². The highest BCUT2D eigenvalue weighted by molar-refractivity contribution is 9.10. The van der Waals surface area contributed by atoms with Gasteiger partial charge >= 0.3 is 0 Å². The highest BCUT2D eigenvalue weighted by Gasteiger charge is 2.50. The average Bonchev–Trinajstić information content (AvgIpc) is 2.44. The molecule has 0 heterocycles. The van der Waals surface area contributed by atoms with Crippen LogP contribution in [0.15, 0.2) is 22.7 Å². The summed E-state index contributed by atoms with van der Waals surface area (Å²) in [5, 5.41) is 3.94. The van der Waals surface area contributed by atoms with Crippen LogP contribution in [-0.4, -0.2) is 12.6 Å². The molecule has 0 saturated heterocycles. The second kappa shape index (κ2) is 5.27. The van der Waals surface area contributed by atoms with Gasteiger partial charge in [0.1, 0.15) is 5.75 Å². The van der Waals surface area contributed by atoms with E-state index in [1.165, 1.54) is 44.1 Å². The fourth-order valence-electron chi connectivity index (χ4n) is 5.50. The summed E-state index contributed by atoms with van der Waals surface area (Å²) in [6.07, 6.45) is 8.70. The Balaban J connectivity index is 1.51. The minimum atomic E-state index is 0.419. The Bertz CT molecular complexity index is 507. The summed E-state index contributed by atoms with van der Waals surface area (Å²) in [6, 6.07) is 6.29. The van der Waals surface area contributed by atoms with Gasteiger partial charge < -0.3 is 10.1 Å². The van der Waals surface area contributed by atoms with E-state index in [0.717, 1.165) is 34.5 Å². The highest BCUT2D eigenvalue weighted by atomic mass is 79.9. The topological polar surface area (TPSA) is 21.3 Å². The number of benzene rings is 1. The van der Waals surface area contributed by atoms with Crippen molar-refractivity contribution in [2.45, 2.75) is 50.6 Å². The van der Waals surface area contributed by atoms with E-state index in [1.807, 2.05) is 6.07 Å². The molecule has 0 spiro atoms. The summed E-state index contributed by atoms with van der Waals surface area (Å²) in [7, 11) is 1.76. The van der Waals surface area contributed by atoms with Gasteiger partial charge in [0, 0.05) is 22.1 Å². The molecule has 2 nitrogen and oxygen atoms in total. The van der Waals surface area contributed by atoms with Crippen LogP contribution in [0.2, 0.25) is 0 Å². The van der Waals surface area contributed by atoms with E-state index in [9.17, 15) is 0 Å². The molecule has 0 aliphatic heterocycles. The summed E-state index contributed by atoms with van der Waals surface area (Å²) >= 11 is 3.58. The molecule has 1 N–H and O–H groups in total. The van der Waals surface area contributed by atoms with E-state index in [-0.39, 0.29) is 0 Å². The Morgan fingerprint density at radius 3 is 2.33 bits per heavy atom. The molecule has 0 atom stereocenters. The lowest BCUT2D eigenvalue weighted by molar-refractivity contribution is -0.0206. The van der Waals surface area contributed by atoms with Gasteiger partial charge in [0.15, 0.2) is 0 Å². The maximum absolute atomic E-state index is 5.51. The quantitative estimate of drug-likeness (QED) is 0.862. The Morgan fingerprint density at radius 2 is 1.76 bits per heavy atom. The van der Waals surface area contributed by atoms with Crippen molar-refractivity contribution >= 4 is 15.9 Å². The van der Waals surface area contributed by atoms with Crippen LogP contribution in [-0.2, 0) is 6.54 Å². The van der Waals surface area contributed by atoms with E-state index in [2.05, 4.69) is 33.4 Å². The first kappa shape index (κ1) is 14.1. The van der Waals surface area contributed by atoms with Crippen LogP contribution in [0.1, 0.15) is 44.1 Å². The molecule has 0 unspecified atom stereocenters. The average molecular weight is 350 g/mol. The number of hydrogen-bond acceptors (Lipinski definition) is 2. The third-order valence-corrected chi connectivity index (χ3v) is 6.43. The van der Waals surface area contributed by atoms with Gasteiger partial charge in [0.2, 0.25) is 0 Å². The van der Waals surface area contributed by atoms with Crippen LogP contribution in [0.4, 0.5) is 0 Å². The molecule has 4 bridgehead atoms. The summed E-state index contributed by atoms with van der Waals surface area (Å²) in [5.74, 6) is 3.98. The van der Waals surface area contributed by atoms with Crippen molar-refractivity contribution in [1.29, 1.82) is 0 Å². The standard InChI is InChI=1S/C18H24BrNO/c1-21-17-3-2-16(19)7-15(17)11-20-18-8-12-4-13(9-18)6-14(5-12)10-18/h2-3,7,12-14,20H,4-6,8-11H2,1H3. The molecule has 4 saturated carbocycles. The van der Waals surface area contributed by atoms with E-state index in [1.54, 1.807) is 7.11 Å². The number of hydrogen-bond donors (Lipinski definition) is 1. The van der Waals surface area contributed by atoms with Crippen molar-refractivity contribution in [1.82, 2.24) is 5.32 Å². The molecule has 3 heteroatoms. The summed E-state index contributed by atoms with van der Waals surface area (Å²) < 4.78 is 6.64. The molecule has 114 valence electrons. The lowest BCUT2D eigenvalue weighted by atomic mass is 9.53. The summed E-state index contributed by atoms with van der Waals surface area (Å²) in [6.45, 7) is 0.925. The van der Waals surface area contributed by atoms with Crippen LogP contribution in [0.25, 0.3) is 0 Å². The van der Waals surface area contributed by atoms with Crippen molar-refractivity contribution in [3.8, 4) is 5.75 Å². The molecule has 1 aromatic carbocycles. The largest absolute Gasteiger partial charge is 0.496 e. The van der Waals surface area contributed by atoms with Gasteiger partial charge in [0.05, 0.1) is 7.11 Å². The lowest BCUT2D eigenvalue weighted by Gasteiger charge is -2.57. The van der Waals surface area contributed by atoms with Crippen molar-refractivity contribution in [2.24, 2.45) is 17.8 Å². The predicted molar refractivity (Wildman–Crippen MR) is 88.4 cm³/mol. The van der Waals surface area contributed by atoms with E-state index in [0.29, 0.717) is 5.54 Å². The fraction of sp³-hybridized carbons (Fsp3) is 0.667. The maximum atomic E-state index is 5.51. The molecular formula is C18H24BrNO. The van der Waals surface area contributed by atoms with E-state index in [4.69, 9.17) is 4.74 Å².